The van der Waals surface area contributed by atoms with Crippen LogP contribution in [0.15, 0.2) is 29.2 Å². The van der Waals surface area contributed by atoms with Gasteiger partial charge in [-0.05, 0) is 30.7 Å². The van der Waals surface area contributed by atoms with Crippen molar-refractivity contribution in [2.24, 2.45) is 0 Å². The molecule has 0 bridgehead atoms. The van der Waals surface area contributed by atoms with Crippen molar-refractivity contribution < 1.29 is 13.5 Å². The average molecular weight is 280 g/mol. The molecule has 1 N–H and O–H groups in total. The van der Waals surface area contributed by atoms with Gasteiger partial charge in [-0.1, -0.05) is 0 Å². The van der Waals surface area contributed by atoms with E-state index in [0.717, 1.165) is 6.54 Å². The molecule has 102 valence electrons. The van der Waals surface area contributed by atoms with E-state index in [4.69, 9.17) is 5.26 Å². The van der Waals surface area contributed by atoms with Crippen molar-refractivity contribution in [3.63, 3.8) is 0 Å². The Kier molecular flexibility index (Phi) is 4.20. The largest absolute Gasteiger partial charge is 0.392 e. The molecule has 2 rings (SSSR count). The van der Waals surface area contributed by atoms with Crippen LogP contribution in [0.2, 0.25) is 0 Å². The molecular weight excluding hydrogens is 264 g/mol. The fraction of sp³-hybridized carbons (Fsp3) is 0.462. The van der Waals surface area contributed by atoms with Gasteiger partial charge in [0.2, 0.25) is 0 Å². The van der Waals surface area contributed by atoms with Gasteiger partial charge in [0.1, 0.15) is 0 Å². The fourth-order valence-corrected chi connectivity index (χ4v) is 3.40. The van der Waals surface area contributed by atoms with Gasteiger partial charge < -0.3 is 5.11 Å². The molecule has 1 aromatic carbocycles. The SMILES string of the molecule is N#Cc1ccc(S(=O)(=O)CCN2CC[C@@H](O)C2)cc1. The number of aliphatic hydroxyl groups is 1. The number of sulfone groups is 1. The van der Waals surface area contributed by atoms with Crippen LogP contribution in [0, 0.1) is 11.3 Å². The normalized spacial score (nSPS) is 20.3. The molecule has 1 aromatic rings. The van der Waals surface area contributed by atoms with Gasteiger partial charge in [0.25, 0.3) is 0 Å². The summed E-state index contributed by atoms with van der Waals surface area (Å²) in [5.41, 5.74) is 0.446. The number of hydrogen-bond donors (Lipinski definition) is 1. The Hall–Kier alpha value is -1.42. The average Bonchev–Trinajstić information content (AvgIpc) is 2.82. The van der Waals surface area contributed by atoms with Crippen molar-refractivity contribution in [1.82, 2.24) is 4.90 Å². The number of β-amino-alcohol motifs (C(OH)–C–C–N with tert-alkyl or cyclic N) is 1. The Morgan fingerprint density at radius 3 is 2.58 bits per heavy atom. The molecule has 0 unspecified atom stereocenters. The van der Waals surface area contributed by atoms with Crippen molar-refractivity contribution in [2.75, 3.05) is 25.4 Å². The van der Waals surface area contributed by atoms with Crippen molar-refractivity contribution in [1.29, 1.82) is 5.26 Å². The van der Waals surface area contributed by atoms with E-state index < -0.39 is 9.84 Å². The quantitative estimate of drug-likeness (QED) is 0.863. The number of nitrogens with zero attached hydrogens (tertiary/aromatic N) is 2. The lowest BCUT2D eigenvalue weighted by atomic mass is 10.2. The predicted molar refractivity (Wildman–Crippen MR) is 70.3 cm³/mol. The lowest BCUT2D eigenvalue weighted by molar-refractivity contribution is 0.178. The second-order valence-electron chi connectivity index (χ2n) is 4.70. The van der Waals surface area contributed by atoms with E-state index in [1.165, 1.54) is 24.3 Å². The second-order valence-corrected chi connectivity index (χ2v) is 6.81. The smallest absolute Gasteiger partial charge is 0.179 e. The van der Waals surface area contributed by atoms with Crippen LogP contribution in [0.1, 0.15) is 12.0 Å². The van der Waals surface area contributed by atoms with E-state index >= 15 is 0 Å². The number of hydrogen-bond acceptors (Lipinski definition) is 5. The first-order chi connectivity index (χ1) is 9.01. The molecule has 1 fully saturated rings. The molecule has 0 aliphatic carbocycles. The van der Waals surface area contributed by atoms with Gasteiger partial charge in [0.15, 0.2) is 9.84 Å². The molecule has 1 aliphatic heterocycles. The van der Waals surface area contributed by atoms with Crippen molar-refractivity contribution >= 4 is 9.84 Å². The highest BCUT2D eigenvalue weighted by atomic mass is 32.2. The fourth-order valence-electron chi connectivity index (χ4n) is 2.12. The van der Waals surface area contributed by atoms with Crippen LogP contribution in [0.3, 0.4) is 0 Å². The van der Waals surface area contributed by atoms with E-state index in [1.807, 2.05) is 11.0 Å². The molecule has 5 nitrogen and oxygen atoms in total. The number of likely N-dealkylation sites (tertiary alicyclic amines) is 1. The molecular formula is C13H16N2O3S. The molecule has 0 radical (unpaired) electrons. The van der Waals surface area contributed by atoms with E-state index in [2.05, 4.69) is 0 Å². The Morgan fingerprint density at radius 1 is 1.37 bits per heavy atom. The summed E-state index contributed by atoms with van der Waals surface area (Å²) in [5, 5.41) is 18.1. The van der Waals surface area contributed by atoms with Crippen molar-refractivity contribution in [2.45, 2.75) is 17.4 Å². The van der Waals surface area contributed by atoms with E-state index in [-0.39, 0.29) is 16.8 Å². The summed E-state index contributed by atoms with van der Waals surface area (Å²) in [5.74, 6) is 0.0334. The Morgan fingerprint density at radius 2 is 2.05 bits per heavy atom. The van der Waals surface area contributed by atoms with Crippen LogP contribution in [0.5, 0.6) is 0 Å². The zero-order valence-electron chi connectivity index (χ0n) is 10.5. The van der Waals surface area contributed by atoms with Crippen LogP contribution in [0.25, 0.3) is 0 Å². The van der Waals surface area contributed by atoms with Crippen molar-refractivity contribution in [3.05, 3.63) is 29.8 Å². The molecule has 0 saturated carbocycles. The number of aliphatic hydroxyl groups excluding tert-OH is 1. The molecule has 1 aliphatic rings. The highest BCUT2D eigenvalue weighted by Crippen LogP contribution is 2.14. The first kappa shape index (κ1) is 14.0. The summed E-state index contributed by atoms with van der Waals surface area (Å²) in [6.07, 6.45) is 0.370. The minimum absolute atomic E-state index is 0.0334. The van der Waals surface area contributed by atoms with Crippen LogP contribution in [-0.4, -0.2) is 49.9 Å². The number of benzene rings is 1. The van der Waals surface area contributed by atoms with Crippen LogP contribution >= 0.6 is 0 Å². The zero-order chi connectivity index (χ0) is 13.9. The first-order valence-corrected chi connectivity index (χ1v) is 7.80. The Balaban J connectivity index is 1.99. The third-order valence-corrected chi connectivity index (χ3v) is 4.98. The van der Waals surface area contributed by atoms with Gasteiger partial charge in [0.05, 0.1) is 28.4 Å². The monoisotopic (exact) mass is 280 g/mol. The van der Waals surface area contributed by atoms with Gasteiger partial charge in [0, 0.05) is 19.6 Å². The maximum Gasteiger partial charge on any atom is 0.179 e. The highest BCUT2D eigenvalue weighted by molar-refractivity contribution is 7.91. The van der Waals surface area contributed by atoms with Gasteiger partial charge in [-0.2, -0.15) is 5.26 Å². The van der Waals surface area contributed by atoms with Crippen molar-refractivity contribution in [3.8, 4) is 6.07 Å². The standard InChI is InChI=1S/C13H16N2O3S/c14-9-11-1-3-13(4-2-11)19(17,18)8-7-15-6-5-12(16)10-15/h1-4,12,16H,5-8,10H2/t12-/m1/s1. The molecule has 1 saturated heterocycles. The highest BCUT2D eigenvalue weighted by Gasteiger charge is 2.22. The summed E-state index contributed by atoms with van der Waals surface area (Å²) in [4.78, 5) is 2.19. The van der Waals surface area contributed by atoms with Gasteiger partial charge in [-0.15, -0.1) is 0 Å². The molecule has 1 heterocycles. The molecule has 0 amide bonds. The third-order valence-electron chi connectivity index (χ3n) is 3.27. The summed E-state index contributed by atoms with van der Waals surface area (Å²) in [6.45, 7) is 1.71. The lowest BCUT2D eigenvalue weighted by Gasteiger charge is -2.14. The number of nitriles is 1. The van der Waals surface area contributed by atoms with Gasteiger partial charge in [-0.25, -0.2) is 8.42 Å². The molecule has 19 heavy (non-hydrogen) atoms. The summed E-state index contributed by atoms with van der Waals surface area (Å²) in [6, 6.07) is 7.90. The second kappa shape index (κ2) is 5.70. The maximum atomic E-state index is 12.1. The minimum atomic E-state index is -3.32. The third kappa shape index (κ3) is 3.53. The molecule has 0 spiro atoms. The molecule has 1 atom stereocenters. The summed E-state index contributed by atoms with van der Waals surface area (Å²) in [7, 11) is -3.32. The summed E-state index contributed by atoms with van der Waals surface area (Å²) >= 11 is 0. The molecule has 6 heteroatoms. The van der Waals surface area contributed by atoms with Gasteiger partial charge in [-0.3, -0.25) is 4.90 Å². The summed E-state index contributed by atoms with van der Waals surface area (Å²) < 4.78 is 24.2. The van der Waals surface area contributed by atoms with Crippen LogP contribution in [0.4, 0.5) is 0 Å². The van der Waals surface area contributed by atoms with E-state index in [9.17, 15) is 13.5 Å². The predicted octanol–water partition coefficient (Wildman–Crippen LogP) is 0.399. The lowest BCUT2D eigenvalue weighted by Crippen LogP contribution is -2.28. The first-order valence-electron chi connectivity index (χ1n) is 6.14. The zero-order valence-corrected chi connectivity index (χ0v) is 11.3. The topological polar surface area (TPSA) is 81.4 Å². The minimum Gasteiger partial charge on any atom is -0.392 e. The Labute approximate surface area is 113 Å². The van der Waals surface area contributed by atoms with E-state index in [0.29, 0.717) is 25.1 Å². The van der Waals surface area contributed by atoms with E-state index in [1.54, 1.807) is 0 Å². The Bertz CT molecular complexity index is 575. The van der Waals surface area contributed by atoms with Crippen LogP contribution < -0.4 is 0 Å². The number of rotatable bonds is 4. The van der Waals surface area contributed by atoms with Crippen LogP contribution in [-0.2, 0) is 9.84 Å². The maximum absolute atomic E-state index is 12.1. The molecule has 0 aromatic heterocycles. The van der Waals surface area contributed by atoms with Gasteiger partial charge >= 0.3 is 0 Å².